The zero-order chi connectivity index (χ0) is 10.2. The molecule has 0 atom stereocenters. The van der Waals surface area contributed by atoms with Crippen LogP contribution in [0.25, 0.3) is 0 Å². The summed E-state index contributed by atoms with van der Waals surface area (Å²) in [6.45, 7) is 3.08. The van der Waals surface area contributed by atoms with Gasteiger partial charge in [0.1, 0.15) is 12.2 Å². The maximum Gasteiger partial charge on any atom is 0.138 e. The van der Waals surface area contributed by atoms with Crippen LogP contribution in [0.3, 0.4) is 0 Å². The van der Waals surface area contributed by atoms with E-state index in [4.69, 9.17) is 11.6 Å². The van der Waals surface area contributed by atoms with Gasteiger partial charge in [-0.15, -0.1) is 11.6 Å². The van der Waals surface area contributed by atoms with Crippen molar-refractivity contribution in [2.45, 2.75) is 32.7 Å². The molecule has 3 nitrogen and oxygen atoms in total. The molecule has 0 amide bonds. The van der Waals surface area contributed by atoms with Crippen LogP contribution in [0.4, 0.5) is 0 Å². The number of aryl methyl sites for hydroxylation is 1. The van der Waals surface area contributed by atoms with Crippen molar-refractivity contribution in [3.8, 4) is 0 Å². The van der Waals surface area contributed by atoms with Crippen LogP contribution in [-0.2, 0) is 13.0 Å². The Balaban J connectivity index is 2.45. The molecule has 0 bridgehead atoms. The number of allylic oxidation sites excluding steroid dienone is 2. The van der Waals surface area contributed by atoms with Gasteiger partial charge in [0, 0.05) is 18.8 Å². The third-order valence-corrected chi connectivity index (χ3v) is 2.09. The minimum absolute atomic E-state index is 0.679. The van der Waals surface area contributed by atoms with Crippen molar-refractivity contribution in [3.05, 3.63) is 24.3 Å². The van der Waals surface area contributed by atoms with E-state index in [2.05, 4.69) is 29.2 Å². The number of halogens is 1. The van der Waals surface area contributed by atoms with Crippen LogP contribution in [0.1, 0.15) is 25.6 Å². The molecule has 0 aliphatic rings. The molecule has 1 aromatic rings. The van der Waals surface area contributed by atoms with E-state index in [0.29, 0.717) is 5.88 Å². The van der Waals surface area contributed by atoms with Crippen molar-refractivity contribution in [1.82, 2.24) is 14.8 Å². The summed E-state index contributed by atoms with van der Waals surface area (Å²) in [5.41, 5.74) is 0. The molecule has 14 heavy (non-hydrogen) atoms. The highest BCUT2D eigenvalue weighted by atomic mass is 35.5. The van der Waals surface area contributed by atoms with Gasteiger partial charge in [0.15, 0.2) is 0 Å². The Hall–Kier alpha value is -0.830. The third-order valence-electron chi connectivity index (χ3n) is 1.87. The number of alkyl halides is 1. The van der Waals surface area contributed by atoms with E-state index in [1.807, 2.05) is 4.68 Å². The van der Waals surface area contributed by atoms with Crippen molar-refractivity contribution < 1.29 is 0 Å². The average Bonchev–Trinajstić information content (AvgIpc) is 2.61. The molecule has 0 aliphatic carbocycles. The second kappa shape index (κ2) is 6.60. The van der Waals surface area contributed by atoms with E-state index < -0.39 is 0 Å². The first-order chi connectivity index (χ1) is 6.88. The summed E-state index contributed by atoms with van der Waals surface area (Å²) in [5, 5.41) is 4.15. The molecular formula is C10H16ClN3. The van der Waals surface area contributed by atoms with Gasteiger partial charge in [-0.3, -0.25) is 0 Å². The van der Waals surface area contributed by atoms with Crippen molar-refractivity contribution in [1.29, 1.82) is 0 Å². The summed E-state index contributed by atoms with van der Waals surface area (Å²) in [4.78, 5) is 4.20. The van der Waals surface area contributed by atoms with Gasteiger partial charge in [0.2, 0.25) is 0 Å². The van der Waals surface area contributed by atoms with E-state index >= 15 is 0 Å². The van der Waals surface area contributed by atoms with Crippen LogP contribution < -0.4 is 0 Å². The predicted octanol–water partition coefficient (Wildman–Crippen LogP) is 2.42. The topological polar surface area (TPSA) is 30.7 Å². The van der Waals surface area contributed by atoms with Crippen molar-refractivity contribution >= 4 is 11.6 Å². The zero-order valence-corrected chi connectivity index (χ0v) is 9.24. The molecule has 0 saturated carbocycles. The van der Waals surface area contributed by atoms with Crippen molar-refractivity contribution in [3.63, 3.8) is 0 Å². The highest BCUT2D eigenvalue weighted by molar-refractivity contribution is 6.17. The lowest BCUT2D eigenvalue weighted by Gasteiger charge is -2.00. The fourth-order valence-corrected chi connectivity index (χ4v) is 1.34. The van der Waals surface area contributed by atoms with Gasteiger partial charge in [-0.1, -0.05) is 19.1 Å². The Kier molecular flexibility index (Phi) is 5.30. The molecule has 0 N–H and O–H groups in total. The molecule has 0 fully saturated rings. The van der Waals surface area contributed by atoms with Crippen molar-refractivity contribution in [2.75, 3.05) is 5.88 Å². The minimum Gasteiger partial charge on any atom is -0.250 e. The molecule has 0 saturated heterocycles. The fourth-order valence-electron chi connectivity index (χ4n) is 1.21. The van der Waals surface area contributed by atoms with E-state index in [0.717, 1.165) is 31.6 Å². The molecule has 1 aromatic heterocycles. The zero-order valence-electron chi connectivity index (χ0n) is 8.49. The number of rotatable bonds is 6. The Morgan fingerprint density at radius 3 is 3.07 bits per heavy atom. The third kappa shape index (κ3) is 3.50. The lowest BCUT2D eigenvalue weighted by molar-refractivity contribution is 0.577. The Bertz CT molecular complexity index is 281. The van der Waals surface area contributed by atoms with Crippen LogP contribution >= 0.6 is 11.6 Å². The molecule has 78 valence electrons. The molecule has 0 radical (unpaired) electrons. The number of hydrogen-bond acceptors (Lipinski definition) is 2. The van der Waals surface area contributed by atoms with Crippen LogP contribution in [0.15, 0.2) is 18.5 Å². The van der Waals surface area contributed by atoms with E-state index in [-0.39, 0.29) is 0 Å². The van der Waals surface area contributed by atoms with Crippen LogP contribution in [0.5, 0.6) is 0 Å². The smallest absolute Gasteiger partial charge is 0.138 e. The highest BCUT2D eigenvalue weighted by Gasteiger charge is 1.99. The summed E-state index contributed by atoms with van der Waals surface area (Å²) in [5.74, 6) is 1.70. The van der Waals surface area contributed by atoms with Gasteiger partial charge >= 0.3 is 0 Å². The quantitative estimate of drug-likeness (QED) is 0.537. The van der Waals surface area contributed by atoms with Crippen LogP contribution in [0.2, 0.25) is 0 Å². The van der Waals surface area contributed by atoms with Gasteiger partial charge in [-0.25, -0.2) is 9.67 Å². The Morgan fingerprint density at radius 1 is 1.50 bits per heavy atom. The largest absolute Gasteiger partial charge is 0.250 e. The van der Waals surface area contributed by atoms with Gasteiger partial charge in [-0.2, -0.15) is 5.10 Å². The van der Waals surface area contributed by atoms with E-state index in [1.165, 1.54) is 0 Å². The molecular weight excluding hydrogens is 198 g/mol. The number of nitrogens with zero attached hydrogens (tertiary/aromatic N) is 3. The average molecular weight is 214 g/mol. The van der Waals surface area contributed by atoms with Gasteiger partial charge in [-0.05, 0) is 12.8 Å². The first kappa shape index (κ1) is 11.2. The Labute approximate surface area is 89.8 Å². The molecule has 1 heterocycles. The lowest BCUT2D eigenvalue weighted by Crippen LogP contribution is -2.04. The van der Waals surface area contributed by atoms with Crippen molar-refractivity contribution in [2.24, 2.45) is 0 Å². The molecule has 0 spiro atoms. The molecule has 0 aromatic carbocycles. The van der Waals surface area contributed by atoms with E-state index in [9.17, 15) is 0 Å². The fraction of sp³-hybridized carbons (Fsp3) is 0.600. The highest BCUT2D eigenvalue weighted by Crippen LogP contribution is 1.99. The minimum atomic E-state index is 0.679. The van der Waals surface area contributed by atoms with Gasteiger partial charge < -0.3 is 0 Å². The molecule has 1 rings (SSSR count). The first-order valence-electron chi connectivity index (χ1n) is 4.96. The molecule has 0 unspecified atom stereocenters. The SMILES string of the molecule is CCCn1ncnc1CC=CCCCl. The maximum absolute atomic E-state index is 5.56. The summed E-state index contributed by atoms with van der Waals surface area (Å²) in [7, 11) is 0. The van der Waals surface area contributed by atoms with Crippen LogP contribution in [-0.4, -0.2) is 20.6 Å². The number of aromatic nitrogens is 3. The molecule has 4 heteroatoms. The normalized spacial score (nSPS) is 11.3. The predicted molar refractivity (Wildman–Crippen MR) is 58.5 cm³/mol. The Morgan fingerprint density at radius 2 is 2.36 bits per heavy atom. The molecule has 0 aliphatic heterocycles. The summed E-state index contributed by atoms with van der Waals surface area (Å²) in [6.07, 6.45) is 8.64. The van der Waals surface area contributed by atoms with Gasteiger partial charge in [0.25, 0.3) is 0 Å². The van der Waals surface area contributed by atoms with Gasteiger partial charge in [0.05, 0.1) is 0 Å². The summed E-state index contributed by atoms with van der Waals surface area (Å²) >= 11 is 5.56. The number of hydrogen-bond donors (Lipinski definition) is 0. The second-order valence-electron chi connectivity index (χ2n) is 3.05. The second-order valence-corrected chi connectivity index (χ2v) is 3.43. The summed E-state index contributed by atoms with van der Waals surface area (Å²) < 4.78 is 1.95. The maximum atomic E-state index is 5.56. The monoisotopic (exact) mass is 213 g/mol. The van der Waals surface area contributed by atoms with E-state index in [1.54, 1.807) is 6.33 Å². The van der Waals surface area contributed by atoms with Crippen LogP contribution in [0, 0.1) is 0 Å². The summed E-state index contributed by atoms with van der Waals surface area (Å²) in [6, 6.07) is 0. The first-order valence-corrected chi connectivity index (χ1v) is 5.49. The lowest BCUT2D eigenvalue weighted by atomic mass is 10.3. The standard InChI is InChI=1S/C10H16ClN3/c1-2-8-14-10(12-9-13-14)6-4-3-5-7-11/h3-4,9H,2,5-8H2,1H3.